The number of aromatic nitrogens is 3. The third-order valence-corrected chi connectivity index (χ3v) is 7.42. The molecule has 0 aliphatic heterocycles. The number of aliphatic carboxylic acids is 2. The van der Waals surface area contributed by atoms with Gasteiger partial charge < -0.3 is 19.9 Å². The van der Waals surface area contributed by atoms with Crippen LogP contribution in [0.25, 0.3) is 39.1 Å². The Morgan fingerprint density at radius 2 is 1.73 bits per heavy atom. The van der Waals surface area contributed by atoms with Gasteiger partial charge in [0.15, 0.2) is 5.78 Å². The molecule has 0 aliphatic carbocycles. The molecule has 0 radical (unpaired) electrons. The van der Waals surface area contributed by atoms with Crippen LogP contribution in [-0.4, -0.2) is 56.4 Å². The molecule has 3 aromatic heterocycles. The van der Waals surface area contributed by atoms with Gasteiger partial charge in [-0.1, -0.05) is 47.9 Å². The number of carbonyl (C=O) groups is 3. The second-order valence-corrected chi connectivity index (χ2v) is 10.6. The van der Waals surface area contributed by atoms with E-state index in [2.05, 4.69) is 5.32 Å². The number of furan rings is 1. The number of Topliss-reactive ketones (excluding diaryl/α,β-unsaturated/α-hetero) is 1. The topological polar surface area (TPSA) is 148 Å². The third kappa shape index (κ3) is 5.80. The summed E-state index contributed by atoms with van der Waals surface area (Å²) in [7, 11) is 1.91. The van der Waals surface area contributed by atoms with Crippen molar-refractivity contribution in [1.29, 1.82) is 0 Å². The number of carbonyl (C=O) groups excluding carboxylic acids is 1. The average Bonchev–Trinajstić information content (AvgIpc) is 3.68. The quantitative estimate of drug-likeness (QED) is 0.150. The summed E-state index contributed by atoms with van der Waals surface area (Å²) in [6.07, 6.45) is 2.97. The molecule has 44 heavy (non-hydrogen) atoms. The maximum atomic E-state index is 13.1. The van der Waals surface area contributed by atoms with E-state index >= 15 is 0 Å². The Kier molecular flexibility index (Phi) is 7.68. The standard InChI is InChI=1S/C33H27BN4O6/c34-21-9-11-27-22(17-21)24(28(39)12-13-30(40)41)18-38(27)33-36-25-10-8-20(29-7-4-14-44-29)16-23(25)31(37-33)35-26(32(42)43)15-19-5-2-1-3-6-19/h1-11,14,16-18,26H,12-13,15,34H2,(H,40,41)(H,42,43)(H,35,36,37). The molecule has 0 spiro atoms. The minimum atomic E-state index is -1.05. The van der Waals surface area contributed by atoms with Gasteiger partial charge in [0.05, 0.1) is 23.7 Å². The molecule has 0 bridgehead atoms. The number of hydrogen-bond acceptors (Lipinski definition) is 7. The summed E-state index contributed by atoms with van der Waals surface area (Å²) in [5.41, 5.74) is 4.11. The zero-order valence-electron chi connectivity index (χ0n) is 23.7. The molecule has 0 saturated heterocycles. The lowest BCUT2D eigenvalue weighted by atomic mass is 9.93. The number of carboxylic acid groups (broad SMARTS) is 2. The van der Waals surface area contributed by atoms with Crippen LogP contribution in [0.5, 0.6) is 0 Å². The zero-order valence-corrected chi connectivity index (χ0v) is 23.7. The van der Waals surface area contributed by atoms with Gasteiger partial charge in [0.2, 0.25) is 5.95 Å². The van der Waals surface area contributed by atoms with Crippen molar-refractivity contribution in [3.63, 3.8) is 0 Å². The first-order valence-electron chi connectivity index (χ1n) is 14.0. The third-order valence-electron chi connectivity index (χ3n) is 7.42. The van der Waals surface area contributed by atoms with Crippen molar-refractivity contribution in [2.75, 3.05) is 5.32 Å². The van der Waals surface area contributed by atoms with E-state index in [9.17, 15) is 19.5 Å². The van der Waals surface area contributed by atoms with Crippen molar-refractivity contribution in [1.82, 2.24) is 14.5 Å². The molecule has 0 aliphatic rings. The molecule has 6 aromatic rings. The molecule has 6 rings (SSSR count). The lowest BCUT2D eigenvalue weighted by Crippen LogP contribution is -2.32. The predicted molar refractivity (Wildman–Crippen MR) is 169 cm³/mol. The smallest absolute Gasteiger partial charge is 0.326 e. The largest absolute Gasteiger partial charge is 0.481 e. The molecule has 10 nitrogen and oxygen atoms in total. The van der Waals surface area contributed by atoms with Crippen molar-refractivity contribution in [3.8, 4) is 17.3 Å². The highest BCUT2D eigenvalue weighted by Crippen LogP contribution is 2.31. The molecule has 3 N–H and O–H groups in total. The minimum absolute atomic E-state index is 0.150. The first-order valence-corrected chi connectivity index (χ1v) is 14.0. The van der Waals surface area contributed by atoms with E-state index in [0.717, 1.165) is 16.6 Å². The number of fused-ring (bicyclic) bond motifs is 2. The number of rotatable bonds is 11. The molecule has 0 saturated carbocycles. The van der Waals surface area contributed by atoms with Crippen LogP contribution in [0.15, 0.2) is 95.7 Å². The van der Waals surface area contributed by atoms with Crippen molar-refractivity contribution in [2.45, 2.75) is 25.3 Å². The molecule has 3 aromatic carbocycles. The molecule has 1 atom stereocenters. The fourth-order valence-electron chi connectivity index (χ4n) is 5.23. The van der Waals surface area contributed by atoms with E-state index in [1.807, 2.05) is 80.6 Å². The number of nitrogens with zero attached hydrogens (tertiary/aromatic N) is 3. The van der Waals surface area contributed by atoms with E-state index in [4.69, 9.17) is 19.5 Å². The van der Waals surface area contributed by atoms with E-state index in [-0.39, 0.29) is 31.0 Å². The first-order chi connectivity index (χ1) is 21.3. The van der Waals surface area contributed by atoms with Crippen molar-refractivity contribution < 1.29 is 29.0 Å². The Bertz CT molecular complexity index is 2020. The second kappa shape index (κ2) is 11.9. The van der Waals surface area contributed by atoms with Crippen molar-refractivity contribution >= 4 is 58.7 Å². The molecule has 3 heterocycles. The molecule has 11 heteroatoms. The SMILES string of the molecule is Bc1ccc2c(c1)c(C(=O)CCC(=O)O)cn2-c1nc(NC(Cc2ccccc2)C(=O)O)c2cc(-c3ccco3)ccc2n1. The lowest BCUT2D eigenvalue weighted by Gasteiger charge is -2.18. The summed E-state index contributed by atoms with van der Waals surface area (Å²) >= 11 is 0. The number of benzene rings is 3. The van der Waals surface area contributed by atoms with Gasteiger partial charge in [-0.3, -0.25) is 14.2 Å². The Hall–Kier alpha value is -5.71. The highest BCUT2D eigenvalue weighted by Gasteiger charge is 2.23. The monoisotopic (exact) mass is 586 g/mol. The van der Waals surface area contributed by atoms with Gasteiger partial charge in [0.25, 0.3) is 0 Å². The maximum absolute atomic E-state index is 13.1. The van der Waals surface area contributed by atoms with Gasteiger partial charge >= 0.3 is 11.9 Å². The second-order valence-electron chi connectivity index (χ2n) is 10.6. The van der Waals surface area contributed by atoms with E-state index in [0.29, 0.717) is 38.9 Å². The summed E-state index contributed by atoms with van der Waals surface area (Å²) in [5, 5.41) is 23.7. The van der Waals surface area contributed by atoms with Gasteiger partial charge in [0.1, 0.15) is 25.5 Å². The molecule has 0 fully saturated rings. The highest BCUT2D eigenvalue weighted by atomic mass is 16.4. The number of nitrogens with one attached hydrogen (secondary N) is 1. The fraction of sp³-hybridized carbons (Fsp3) is 0.121. The van der Waals surface area contributed by atoms with Crippen LogP contribution < -0.4 is 10.8 Å². The molecular weight excluding hydrogens is 559 g/mol. The molecule has 0 amide bonds. The molecule has 1 unspecified atom stereocenters. The number of anilines is 1. The van der Waals surface area contributed by atoms with Crippen LogP contribution in [0, 0.1) is 0 Å². The highest BCUT2D eigenvalue weighted by molar-refractivity contribution is 6.33. The number of carboxylic acids is 2. The summed E-state index contributed by atoms with van der Waals surface area (Å²) in [4.78, 5) is 46.4. The van der Waals surface area contributed by atoms with Crippen molar-refractivity contribution in [2.24, 2.45) is 0 Å². The Labute approximate surface area is 252 Å². The van der Waals surface area contributed by atoms with Crippen LogP contribution in [-0.2, 0) is 16.0 Å². The Morgan fingerprint density at radius 3 is 2.45 bits per heavy atom. The average molecular weight is 586 g/mol. The van der Waals surface area contributed by atoms with Crippen LogP contribution in [0.1, 0.15) is 28.8 Å². The molecule has 218 valence electrons. The zero-order chi connectivity index (χ0) is 30.8. The van der Waals surface area contributed by atoms with E-state index < -0.39 is 18.0 Å². The van der Waals surface area contributed by atoms with Crippen LogP contribution >= 0.6 is 0 Å². The summed E-state index contributed by atoms with van der Waals surface area (Å²) in [6.45, 7) is 0. The Morgan fingerprint density at radius 1 is 0.909 bits per heavy atom. The van der Waals surface area contributed by atoms with Gasteiger partial charge in [-0.15, -0.1) is 0 Å². The minimum Gasteiger partial charge on any atom is -0.481 e. The van der Waals surface area contributed by atoms with Crippen LogP contribution in [0.3, 0.4) is 0 Å². The molecular formula is C33H27BN4O6. The fourth-order valence-corrected chi connectivity index (χ4v) is 5.23. The first kappa shape index (κ1) is 28.4. The maximum Gasteiger partial charge on any atom is 0.326 e. The lowest BCUT2D eigenvalue weighted by molar-refractivity contribution is -0.138. The van der Waals surface area contributed by atoms with Crippen molar-refractivity contribution in [3.05, 3.63) is 102 Å². The van der Waals surface area contributed by atoms with Gasteiger partial charge in [-0.05, 0) is 42.0 Å². The van der Waals surface area contributed by atoms with E-state index in [1.54, 1.807) is 23.1 Å². The summed E-state index contributed by atoms with van der Waals surface area (Å²) < 4.78 is 7.27. The summed E-state index contributed by atoms with van der Waals surface area (Å²) in [5.74, 6) is -1.24. The normalized spacial score (nSPS) is 11.9. The predicted octanol–water partition coefficient (Wildman–Crippen LogP) is 4.25. The van der Waals surface area contributed by atoms with Crippen LogP contribution in [0.4, 0.5) is 5.82 Å². The van der Waals surface area contributed by atoms with Crippen LogP contribution in [0.2, 0.25) is 0 Å². The van der Waals surface area contributed by atoms with Gasteiger partial charge in [-0.25, -0.2) is 9.78 Å². The summed E-state index contributed by atoms with van der Waals surface area (Å²) in [6, 6.07) is 23.1. The van der Waals surface area contributed by atoms with Gasteiger partial charge in [-0.2, -0.15) is 4.98 Å². The number of hydrogen-bond donors (Lipinski definition) is 3. The van der Waals surface area contributed by atoms with E-state index in [1.165, 1.54) is 0 Å². The number of ketones is 1. The van der Waals surface area contributed by atoms with Gasteiger partial charge in [0, 0.05) is 40.9 Å². The Balaban J connectivity index is 1.51.